The lowest BCUT2D eigenvalue weighted by Gasteiger charge is -2.42. The van der Waals surface area contributed by atoms with Crippen molar-refractivity contribution in [2.75, 3.05) is 58.3 Å². The zero-order valence-electron chi connectivity index (χ0n) is 15.7. The van der Waals surface area contributed by atoms with Crippen molar-refractivity contribution in [3.63, 3.8) is 0 Å². The van der Waals surface area contributed by atoms with E-state index >= 15 is 0 Å². The van der Waals surface area contributed by atoms with Gasteiger partial charge in [0.05, 0.1) is 17.7 Å². The Bertz CT molecular complexity index is 669. The van der Waals surface area contributed by atoms with Crippen LogP contribution in [0, 0.1) is 22.9 Å². The van der Waals surface area contributed by atoms with E-state index in [0.29, 0.717) is 17.3 Å². The van der Waals surface area contributed by atoms with Crippen LogP contribution in [0.15, 0.2) is 6.07 Å². The number of nitro benzene ring substituents is 1. The van der Waals surface area contributed by atoms with E-state index < -0.39 is 10.7 Å². The third-order valence-corrected chi connectivity index (χ3v) is 5.60. The second-order valence-electron chi connectivity index (χ2n) is 7.22. The SMILES string of the molecule is COc1c([N+](=O)[O-])cc(C)c(N2CCC(N3CCN(C)CC3)CC2)c1F. The van der Waals surface area contributed by atoms with Crippen molar-refractivity contribution in [3.8, 4) is 5.75 Å². The number of piperidine rings is 1. The number of anilines is 1. The maximum atomic E-state index is 14.9. The van der Waals surface area contributed by atoms with E-state index in [2.05, 4.69) is 16.8 Å². The molecule has 26 heavy (non-hydrogen) atoms. The van der Waals surface area contributed by atoms with Gasteiger partial charge >= 0.3 is 5.69 Å². The molecule has 0 spiro atoms. The third kappa shape index (κ3) is 3.61. The number of rotatable bonds is 4. The minimum atomic E-state index is -0.628. The standard InChI is InChI=1S/C18H27FN4O3/c1-13-12-15(23(24)25)18(26-3)16(19)17(13)22-6-4-14(5-7-22)21-10-8-20(2)9-11-21/h12,14H,4-11H2,1-3H3. The Hall–Kier alpha value is -1.93. The van der Waals surface area contributed by atoms with Gasteiger partial charge in [-0.05, 0) is 32.4 Å². The number of nitro groups is 1. The molecule has 2 aliphatic heterocycles. The topological polar surface area (TPSA) is 62.1 Å². The zero-order chi connectivity index (χ0) is 18.8. The number of piperazine rings is 1. The molecular formula is C18H27FN4O3. The Balaban J connectivity index is 1.74. The molecule has 0 amide bonds. The first-order chi connectivity index (χ1) is 12.4. The minimum Gasteiger partial charge on any atom is -0.488 e. The highest BCUT2D eigenvalue weighted by molar-refractivity contribution is 5.65. The van der Waals surface area contributed by atoms with Gasteiger partial charge in [-0.25, -0.2) is 4.39 Å². The quantitative estimate of drug-likeness (QED) is 0.602. The maximum Gasteiger partial charge on any atom is 0.314 e. The van der Waals surface area contributed by atoms with E-state index in [4.69, 9.17) is 4.74 Å². The molecule has 0 bridgehead atoms. The first-order valence-corrected chi connectivity index (χ1v) is 9.11. The molecule has 2 saturated heterocycles. The van der Waals surface area contributed by atoms with Crippen LogP contribution in [0.2, 0.25) is 0 Å². The van der Waals surface area contributed by atoms with Gasteiger partial charge in [-0.1, -0.05) is 0 Å². The molecule has 144 valence electrons. The van der Waals surface area contributed by atoms with Crippen LogP contribution >= 0.6 is 0 Å². The predicted molar refractivity (Wildman–Crippen MR) is 98.6 cm³/mol. The largest absolute Gasteiger partial charge is 0.488 e. The highest BCUT2D eigenvalue weighted by atomic mass is 19.1. The van der Waals surface area contributed by atoms with Crippen molar-refractivity contribution in [1.29, 1.82) is 0 Å². The Kier molecular flexibility index (Phi) is 5.62. The van der Waals surface area contributed by atoms with Crippen LogP contribution in [-0.2, 0) is 0 Å². The second-order valence-corrected chi connectivity index (χ2v) is 7.22. The summed E-state index contributed by atoms with van der Waals surface area (Å²) in [7, 11) is 3.41. The molecule has 0 N–H and O–H groups in total. The molecule has 8 heteroatoms. The Morgan fingerprint density at radius 1 is 1.19 bits per heavy atom. The van der Waals surface area contributed by atoms with Gasteiger partial charge in [0, 0.05) is 51.4 Å². The van der Waals surface area contributed by atoms with E-state index in [0.717, 1.165) is 52.1 Å². The summed E-state index contributed by atoms with van der Waals surface area (Å²) in [4.78, 5) is 17.4. The number of ether oxygens (including phenoxy) is 1. The molecule has 0 unspecified atom stereocenters. The van der Waals surface area contributed by atoms with E-state index in [1.165, 1.54) is 13.2 Å². The van der Waals surface area contributed by atoms with Gasteiger partial charge in [0.1, 0.15) is 0 Å². The van der Waals surface area contributed by atoms with Crippen molar-refractivity contribution in [2.24, 2.45) is 0 Å². The Morgan fingerprint density at radius 3 is 2.35 bits per heavy atom. The van der Waals surface area contributed by atoms with Gasteiger partial charge in [-0.2, -0.15) is 0 Å². The van der Waals surface area contributed by atoms with Crippen LogP contribution in [0.4, 0.5) is 15.8 Å². The summed E-state index contributed by atoms with van der Waals surface area (Å²) < 4.78 is 19.9. The van der Waals surface area contributed by atoms with Gasteiger partial charge < -0.3 is 14.5 Å². The fourth-order valence-electron chi connectivity index (χ4n) is 4.09. The predicted octanol–water partition coefficient (Wildman–Crippen LogP) is 2.27. The highest BCUT2D eigenvalue weighted by Gasteiger charge is 2.31. The molecule has 0 radical (unpaired) electrons. The van der Waals surface area contributed by atoms with Gasteiger partial charge in [-0.15, -0.1) is 0 Å². The minimum absolute atomic E-state index is 0.281. The summed E-state index contributed by atoms with van der Waals surface area (Å²) >= 11 is 0. The maximum absolute atomic E-state index is 14.9. The molecule has 1 aromatic rings. The number of nitrogens with zero attached hydrogens (tertiary/aromatic N) is 4. The first-order valence-electron chi connectivity index (χ1n) is 9.11. The fourth-order valence-corrected chi connectivity index (χ4v) is 4.09. The molecule has 0 aromatic heterocycles. The number of halogens is 1. The Labute approximate surface area is 153 Å². The van der Waals surface area contributed by atoms with Crippen LogP contribution in [0.5, 0.6) is 5.75 Å². The molecule has 2 aliphatic rings. The van der Waals surface area contributed by atoms with E-state index in [1.807, 2.05) is 4.90 Å². The van der Waals surface area contributed by atoms with E-state index in [9.17, 15) is 14.5 Å². The molecule has 3 rings (SSSR count). The monoisotopic (exact) mass is 366 g/mol. The number of aryl methyl sites for hydroxylation is 1. The lowest BCUT2D eigenvalue weighted by atomic mass is 10.00. The molecule has 2 heterocycles. The zero-order valence-corrected chi connectivity index (χ0v) is 15.7. The summed E-state index contributed by atoms with van der Waals surface area (Å²) in [6, 6.07) is 1.94. The number of hydrogen-bond donors (Lipinski definition) is 0. The van der Waals surface area contributed by atoms with Crippen LogP contribution < -0.4 is 9.64 Å². The van der Waals surface area contributed by atoms with E-state index in [1.54, 1.807) is 6.92 Å². The Morgan fingerprint density at radius 2 is 1.81 bits per heavy atom. The van der Waals surface area contributed by atoms with Crippen molar-refractivity contribution >= 4 is 11.4 Å². The summed E-state index contributed by atoms with van der Waals surface area (Å²) in [6.45, 7) is 7.56. The van der Waals surface area contributed by atoms with Crippen molar-refractivity contribution in [2.45, 2.75) is 25.8 Å². The molecule has 0 saturated carbocycles. The molecule has 2 fully saturated rings. The summed E-state index contributed by atoms with van der Waals surface area (Å²) in [5.74, 6) is -0.908. The van der Waals surface area contributed by atoms with Crippen molar-refractivity contribution < 1.29 is 14.1 Å². The van der Waals surface area contributed by atoms with Gasteiger partial charge in [0.25, 0.3) is 0 Å². The number of likely N-dealkylation sites (N-methyl/N-ethyl adjacent to an activating group) is 1. The highest BCUT2D eigenvalue weighted by Crippen LogP contribution is 2.39. The van der Waals surface area contributed by atoms with Gasteiger partial charge in [0.2, 0.25) is 5.75 Å². The van der Waals surface area contributed by atoms with Crippen molar-refractivity contribution in [3.05, 3.63) is 27.6 Å². The fraction of sp³-hybridized carbons (Fsp3) is 0.667. The van der Waals surface area contributed by atoms with Crippen LogP contribution in [0.1, 0.15) is 18.4 Å². The average Bonchev–Trinajstić information content (AvgIpc) is 2.62. The normalized spacial score (nSPS) is 20.4. The second kappa shape index (κ2) is 7.75. The summed E-state index contributed by atoms with van der Waals surface area (Å²) in [6.07, 6.45) is 1.95. The van der Waals surface area contributed by atoms with Gasteiger partial charge in [0.15, 0.2) is 5.82 Å². The lowest BCUT2D eigenvalue weighted by Crippen LogP contribution is -2.52. The lowest BCUT2D eigenvalue weighted by molar-refractivity contribution is -0.386. The number of benzene rings is 1. The molecule has 0 aliphatic carbocycles. The molecule has 7 nitrogen and oxygen atoms in total. The molecular weight excluding hydrogens is 339 g/mol. The van der Waals surface area contributed by atoms with Crippen LogP contribution in [0.25, 0.3) is 0 Å². The number of hydrogen-bond acceptors (Lipinski definition) is 6. The van der Waals surface area contributed by atoms with Crippen LogP contribution in [0.3, 0.4) is 0 Å². The van der Waals surface area contributed by atoms with Gasteiger partial charge in [-0.3, -0.25) is 15.0 Å². The van der Waals surface area contributed by atoms with E-state index in [-0.39, 0.29) is 11.4 Å². The first kappa shape index (κ1) is 18.8. The third-order valence-electron chi connectivity index (χ3n) is 5.60. The average molecular weight is 366 g/mol. The smallest absolute Gasteiger partial charge is 0.314 e. The summed E-state index contributed by atoms with van der Waals surface area (Å²) in [5.41, 5.74) is 0.691. The number of methoxy groups -OCH3 is 1. The molecule has 0 atom stereocenters. The molecule has 1 aromatic carbocycles. The van der Waals surface area contributed by atoms with Crippen LogP contribution in [-0.4, -0.2) is 74.2 Å². The van der Waals surface area contributed by atoms with Crippen molar-refractivity contribution in [1.82, 2.24) is 9.80 Å². The summed E-state index contributed by atoms with van der Waals surface area (Å²) in [5, 5.41) is 11.2.